The van der Waals surface area contributed by atoms with Gasteiger partial charge in [-0.15, -0.1) is 0 Å². The molecule has 0 aliphatic heterocycles. The van der Waals surface area contributed by atoms with E-state index in [9.17, 15) is 0 Å². The molecule has 1 N–H and O–H groups in total. The van der Waals surface area contributed by atoms with E-state index in [4.69, 9.17) is 16.1 Å². The largest absolute Gasteiger partial charge is 0.338 e. The fourth-order valence-electron chi connectivity index (χ4n) is 1.38. The maximum atomic E-state index is 5.83. The minimum atomic E-state index is 0.0227. The fraction of sp³-hybridized carbons (Fsp3) is 0.385. The van der Waals surface area contributed by atoms with Gasteiger partial charge in [-0.2, -0.15) is 4.98 Å². The zero-order valence-corrected chi connectivity index (χ0v) is 11.5. The molecule has 0 unspecified atom stereocenters. The number of nitrogens with zero attached hydrogens (tertiary/aromatic N) is 2. The van der Waals surface area contributed by atoms with E-state index in [1.54, 1.807) is 12.1 Å². The summed E-state index contributed by atoms with van der Waals surface area (Å²) in [5.74, 6) is 1.16. The van der Waals surface area contributed by atoms with Crippen molar-refractivity contribution in [2.45, 2.75) is 32.9 Å². The summed E-state index contributed by atoms with van der Waals surface area (Å²) in [6, 6.07) is 7.35. The van der Waals surface area contributed by atoms with Gasteiger partial charge in [0.25, 0.3) is 0 Å². The van der Waals surface area contributed by atoms with Gasteiger partial charge in [0.1, 0.15) is 0 Å². The minimum absolute atomic E-state index is 0.0227. The van der Waals surface area contributed by atoms with Crippen LogP contribution in [0.25, 0.3) is 11.4 Å². The molecule has 0 atom stereocenters. The normalized spacial score (nSPS) is 11.8. The molecule has 0 fully saturated rings. The van der Waals surface area contributed by atoms with Crippen molar-refractivity contribution in [2.75, 3.05) is 0 Å². The Morgan fingerprint density at radius 3 is 2.50 bits per heavy atom. The molecule has 0 amide bonds. The zero-order chi connectivity index (χ0) is 13.2. The predicted molar refractivity (Wildman–Crippen MR) is 71.3 cm³/mol. The number of aromatic nitrogens is 2. The second-order valence-corrected chi connectivity index (χ2v) is 5.56. The number of nitrogens with one attached hydrogen (secondary N) is 1. The molecule has 2 aromatic rings. The van der Waals surface area contributed by atoms with Crippen molar-refractivity contribution in [3.05, 3.63) is 35.2 Å². The highest BCUT2D eigenvalue weighted by atomic mass is 35.5. The predicted octanol–water partition coefficient (Wildman–Crippen LogP) is 3.28. The van der Waals surface area contributed by atoms with Gasteiger partial charge >= 0.3 is 0 Å². The third-order valence-electron chi connectivity index (χ3n) is 2.34. The molecule has 5 heteroatoms. The summed E-state index contributed by atoms with van der Waals surface area (Å²) in [6.07, 6.45) is 0. The van der Waals surface area contributed by atoms with Crippen LogP contribution in [0.4, 0.5) is 0 Å². The maximum Gasteiger partial charge on any atom is 0.240 e. The molecular formula is C13H16ClN3O. The topological polar surface area (TPSA) is 51.0 Å². The molecule has 0 radical (unpaired) electrons. The molecule has 2 rings (SSSR count). The third-order valence-corrected chi connectivity index (χ3v) is 2.59. The van der Waals surface area contributed by atoms with Gasteiger partial charge in [-0.25, -0.2) is 0 Å². The van der Waals surface area contributed by atoms with E-state index in [0.29, 0.717) is 23.3 Å². The van der Waals surface area contributed by atoms with Crippen molar-refractivity contribution >= 4 is 11.6 Å². The van der Waals surface area contributed by atoms with Crippen LogP contribution >= 0.6 is 11.6 Å². The van der Waals surface area contributed by atoms with E-state index < -0.39 is 0 Å². The smallest absolute Gasteiger partial charge is 0.240 e. The lowest BCUT2D eigenvalue weighted by Gasteiger charge is -2.18. The summed E-state index contributed by atoms with van der Waals surface area (Å²) >= 11 is 5.83. The Labute approximate surface area is 111 Å². The summed E-state index contributed by atoms with van der Waals surface area (Å²) in [4.78, 5) is 4.33. The Morgan fingerprint density at radius 2 is 1.89 bits per heavy atom. The standard InChI is InChI=1S/C13H16ClN3O/c1-13(2,3)15-8-11-16-12(17-18-11)9-4-6-10(14)7-5-9/h4-7,15H,8H2,1-3H3. The third kappa shape index (κ3) is 3.55. The van der Waals surface area contributed by atoms with Crippen LogP contribution in [0.5, 0.6) is 0 Å². The molecule has 96 valence electrons. The quantitative estimate of drug-likeness (QED) is 0.925. The molecule has 1 aromatic heterocycles. The van der Waals surface area contributed by atoms with Crippen LogP contribution in [0, 0.1) is 0 Å². The molecule has 0 bridgehead atoms. The Kier molecular flexibility index (Phi) is 3.68. The number of benzene rings is 1. The SMILES string of the molecule is CC(C)(C)NCc1nc(-c2ccc(Cl)cc2)no1. The highest BCUT2D eigenvalue weighted by Crippen LogP contribution is 2.18. The molecule has 1 heterocycles. The Morgan fingerprint density at radius 1 is 1.22 bits per heavy atom. The van der Waals surface area contributed by atoms with E-state index in [1.807, 2.05) is 12.1 Å². The first-order valence-electron chi connectivity index (χ1n) is 5.77. The second kappa shape index (κ2) is 5.08. The van der Waals surface area contributed by atoms with Crippen LogP contribution in [0.2, 0.25) is 5.02 Å². The fourth-order valence-corrected chi connectivity index (χ4v) is 1.51. The van der Waals surface area contributed by atoms with E-state index in [0.717, 1.165) is 5.56 Å². The van der Waals surface area contributed by atoms with Gasteiger partial charge in [0.05, 0.1) is 6.54 Å². The van der Waals surface area contributed by atoms with E-state index >= 15 is 0 Å². The highest BCUT2D eigenvalue weighted by molar-refractivity contribution is 6.30. The first-order valence-corrected chi connectivity index (χ1v) is 6.15. The molecule has 0 aliphatic rings. The lowest BCUT2D eigenvalue weighted by molar-refractivity contribution is 0.336. The Hall–Kier alpha value is -1.39. The van der Waals surface area contributed by atoms with Crippen LogP contribution in [0.3, 0.4) is 0 Å². The van der Waals surface area contributed by atoms with Crippen molar-refractivity contribution in [2.24, 2.45) is 0 Å². The molecule has 4 nitrogen and oxygen atoms in total. The molecule has 1 aromatic carbocycles. The first kappa shape index (κ1) is 13.1. The number of hydrogen-bond donors (Lipinski definition) is 1. The van der Waals surface area contributed by atoms with Crippen molar-refractivity contribution < 1.29 is 4.52 Å². The first-order chi connectivity index (χ1) is 8.44. The summed E-state index contributed by atoms with van der Waals surface area (Å²) in [5.41, 5.74) is 0.916. The average Bonchev–Trinajstić information content (AvgIpc) is 2.75. The molecule has 18 heavy (non-hydrogen) atoms. The maximum absolute atomic E-state index is 5.83. The minimum Gasteiger partial charge on any atom is -0.338 e. The van der Waals surface area contributed by atoms with Crippen LogP contribution in [-0.4, -0.2) is 15.7 Å². The summed E-state index contributed by atoms with van der Waals surface area (Å²) in [7, 11) is 0. The Bertz CT molecular complexity index is 514. The van der Waals surface area contributed by atoms with Crippen molar-refractivity contribution in [1.29, 1.82) is 0 Å². The lowest BCUT2D eigenvalue weighted by Crippen LogP contribution is -2.35. The Balaban J connectivity index is 2.08. The zero-order valence-electron chi connectivity index (χ0n) is 10.7. The van der Waals surface area contributed by atoms with Gasteiger partial charge < -0.3 is 9.84 Å². The van der Waals surface area contributed by atoms with Crippen molar-refractivity contribution in [3.63, 3.8) is 0 Å². The average molecular weight is 266 g/mol. The molecule has 0 saturated carbocycles. The van der Waals surface area contributed by atoms with Gasteiger partial charge in [-0.1, -0.05) is 16.8 Å². The van der Waals surface area contributed by atoms with Gasteiger partial charge in [0, 0.05) is 16.1 Å². The highest BCUT2D eigenvalue weighted by Gasteiger charge is 2.13. The number of hydrogen-bond acceptors (Lipinski definition) is 4. The summed E-state index contributed by atoms with van der Waals surface area (Å²) < 4.78 is 5.19. The summed E-state index contributed by atoms with van der Waals surface area (Å²) in [6.45, 7) is 6.82. The van der Waals surface area contributed by atoms with E-state index in [1.165, 1.54) is 0 Å². The van der Waals surface area contributed by atoms with Gasteiger partial charge in [0.2, 0.25) is 11.7 Å². The van der Waals surface area contributed by atoms with Crippen LogP contribution in [-0.2, 0) is 6.54 Å². The lowest BCUT2D eigenvalue weighted by atomic mass is 10.1. The van der Waals surface area contributed by atoms with Gasteiger partial charge in [-0.05, 0) is 45.0 Å². The van der Waals surface area contributed by atoms with Gasteiger partial charge in [-0.3, -0.25) is 0 Å². The molecule has 0 aliphatic carbocycles. The van der Waals surface area contributed by atoms with Crippen molar-refractivity contribution in [1.82, 2.24) is 15.5 Å². The second-order valence-electron chi connectivity index (χ2n) is 5.12. The molecular weight excluding hydrogens is 250 g/mol. The van der Waals surface area contributed by atoms with Crippen LogP contribution in [0.15, 0.2) is 28.8 Å². The molecule has 0 spiro atoms. The number of rotatable bonds is 3. The van der Waals surface area contributed by atoms with Gasteiger partial charge in [0.15, 0.2) is 0 Å². The van der Waals surface area contributed by atoms with E-state index in [2.05, 4.69) is 36.2 Å². The van der Waals surface area contributed by atoms with Crippen molar-refractivity contribution in [3.8, 4) is 11.4 Å². The molecule has 0 saturated heterocycles. The van der Waals surface area contributed by atoms with Crippen LogP contribution in [0.1, 0.15) is 26.7 Å². The number of halogens is 1. The monoisotopic (exact) mass is 265 g/mol. The van der Waals surface area contributed by atoms with Crippen LogP contribution < -0.4 is 5.32 Å². The summed E-state index contributed by atoms with van der Waals surface area (Å²) in [5, 5.41) is 7.93. The van der Waals surface area contributed by atoms with E-state index in [-0.39, 0.29) is 5.54 Å².